The van der Waals surface area contributed by atoms with Gasteiger partial charge in [0, 0.05) is 17.5 Å². The van der Waals surface area contributed by atoms with E-state index >= 15 is 0 Å². The van der Waals surface area contributed by atoms with Gasteiger partial charge in [-0.15, -0.1) is 11.3 Å². The zero-order valence-corrected chi connectivity index (χ0v) is 10.3. The standard InChI is InChI=1S/C12H19NOS/c1-9-4-3-5-12(14,6-9)7-11-13-10(2)8-15-11/h8-9,14H,3-7H2,1-2H3. The minimum absolute atomic E-state index is 0.484. The fourth-order valence-electron chi connectivity index (χ4n) is 2.56. The zero-order chi connectivity index (χ0) is 10.9. The monoisotopic (exact) mass is 225 g/mol. The molecule has 2 rings (SSSR count). The van der Waals surface area contributed by atoms with Crippen LogP contribution in [0, 0.1) is 12.8 Å². The van der Waals surface area contributed by atoms with Crippen molar-refractivity contribution in [3.05, 3.63) is 16.1 Å². The molecule has 3 heteroatoms. The van der Waals surface area contributed by atoms with E-state index in [9.17, 15) is 5.11 Å². The molecule has 0 bridgehead atoms. The van der Waals surface area contributed by atoms with Gasteiger partial charge < -0.3 is 5.11 Å². The average Bonchev–Trinajstić information content (AvgIpc) is 2.49. The van der Waals surface area contributed by atoms with Crippen molar-refractivity contribution in [1.82, 2.24) is 4.98 Å². The lowest BCUT2D eigenvalue weighted by molar-refractivity contribution is -0.0124. The Labute approximate surface area is 95.4 Å². The summed E-state index contributed by atoms with van der Waals surface area (Å²) in [4.78, 5) is 4.43. The SMILES string of the molecule is Cc1csc(CC2(O)CCCC(C)C2)n1. The molecule has 1 heterocycles. The summed E-state index contributed by atoms with van der Waals surface area (Å²) in [5, 5.41) is 13.6. The average molecular weight is 225 g/mol. The number of aromatic nitrogens is 1. The van der Waals surface area contributed by atoms with Gasteiger partial charge in [0.05, 0.1) is 10.6 Å². The van der Waals surface area contributed by atoms with Crippen LogP contribution in [-0.2, 0) is 6.42 Å². The van der Waals surface area contributed by atoms with Crippen LogP contribution < -0.4 is 0 Å². The van der Waals surface area contributed by atoms with Crippen LogP contribution in [0.25, 0.3) is 0 Å². The topological polar surface area (TPSA) is 33.1 Å². The summed E-state index contributed by atoms with van der Waals surface area (Å²) in [6, 6.07) is 0. The highest BCUT2D eigenvalue weighted by atomic mass is 32.1. The number of nitrogens with zero attached hydrogens (tertiary/aromatic N) is 1. The Morgan fingerprint density at radius 2 is 2.47 bits per heavy atom. The Hall–Kier alpha value is -0.410. The largest absolute Gasteiger partial charge is 0.389 e. The molecule has 84 valence electrons. The van der Waals surface area contributed by atoms with Crippen molar-refractivity contribution in [2.75, 3.05) is 0 Å². The fraction of sp³-hybridized carbons (Fsp3) is 0.750. The molecule has 2 nitrogen and oxygen atoms in total. The van der Waals surface area contributed by atoms with Gasteiger partial charge in [-0.05, 0) is 25.7 Å². The summed E-state index contributed by atoms with van der Waals surface area (Å²) in [7, 11) is 0. The van der Waals surface area contributed by atoms with Crippen LogP contribution in [0.15, 0.2) is 5.38 Å². The van der Waals surface area contributed by atoms with E-state index in [4.69, 9.17) is 0 Å². The van der Waals surface area contributed by atoms with Crippen LogP contribution in [0.4, 0.5) is 0 Å². The maximum Gasteiger partial charge on any atom is 0.0956 e. The van der Waals surface area contributed by atoms with E-state index in [1.165, 1.54) is 6.42 Å². The van der Waals surface area contributed by atoms with Crippen molar-refractivity contribution in [2.24, 2.45) is 5.92 Å². The molecule has 1 N–H and O–H groups in total. The first-order chi connectivity index (χ1) is 7.07. The van der Waals surface area contributed by atoms with Crippen molar-refractivity contribution >= 4 is 11.3 Å². The van der Waals surface area contributed by atoms with Crippen LogP contribution in [-0.4, -0.2) is 15.7 Å². The van der Waals surface area contributed by atoms with Gasteiger partial charge in [0.1, 0.15) is 0 Å². The van der Waals surface area contributed by atoms with Crippen LogP contribution in [0.5, 0.6) is 0 Å². The molecule has 1 aromatic heterocycles. The number of aliphatic hydroxyl groups is 1. The third kappa shape index (κ3) is 2.79. The minimum Gasteiger partial charge on any atom is -0.389 e. The van der Waals surface area contributed by atoms with Gasteiger partial charge in [-0.1, -0.05) is 19.8 Å². The van der Waals surface area contributed by atoms with Crippen molar-refractivity contribution in [2.45, 2.75) is 51.6 Å². The quantitative estimate of drug-likeness (QED) is 0.839. The van der Waals surface area contributed by atoms with Crippen LogP contribution in [0.3, 0.4) is 0 Å². The molecule has 15 heavy (non-hydrogen) atoms. The summed E-state index contributed by atoms with van der Waals surface area (Å²) < 4.78 is 0. The van der Waals surface area contributed by atoms with Crippen molar-refractivity contribution in [3.63, 3.8) is 0 Å². The van der Waals surface area contributed by atoms with Crippen molar-refractivity contribution in [3.8, 4) is 0 Å². The van der Waals surface area contributed by atoms with E-state index in [1.54, 1.807) is 11.3 Å². The smallest absolute Gasteiger partial charge is 0.0956 e. The predicted octanol–water partition coefficient (Wildman–Crippen LogP) is 2.94. The van der Waals surface area contributed by atoms with E-state index in [0.717, 1.165) is 36.4 Å². The van der Waals surface area contributed by atoms with Gasteiger partial charge in [0.15, 0.2) is 0 Å². The van der Waals surface area contributed by atoms with Gasteiger partial charge in [-0.2, -0.15) is 0 Å². The van der Waals surface area contributed by atoms with Crippen molar-refractivity contribution in [1.29, 1.82) is 0 Å². The second kappa shape index (κ2) is 4.22. The van der Waals surface area contributed by atoms with E-state index in [0.29, 0.717) is 5.92 Å². The molecular formula is C12H19NOS. The third-order valence-electron chi connectivity index (χ3n) is 3.21. The van der Waals surface area contributed by atoms with Gasteiger partial charge in [0.25, 0.3) is 0 Å². The van der Waals surface area contributed by atoms with E-state index in [-0.39, 0.29) is 0 Å². The van der Waals surface area contributed by atoms with Crippen LogP contribution >= 0.6 is 11.3 Å². The summed E-state index contributed by atoms with van der Waals surface area (Å²) >= 11 is 1.67. The van der Waals surface area contributed by atoms with Gasteiger partial charge in [-0.25, -0.2) is 4.98 Å². The van der Waals surface area contributed by atoms with Crippen molar-refractivity contribution < 1.29 is 5.11 Å². The molecule has 0 amide bonds. The molecule has 2 unspecified atom stereocenters. The Morgan fingerprint density at radius 3 is 3.07 bits per heavy atom. The lowest BCUT2D eigenvalue weighted by Gasteiger charge is -2.34. The molecule has 1 saturated carbocycles. The molecule has 1 aromatic rings. The molecule has 2 atom stereocenters. The lowest BCUT2D eigenvalue weighted by atomic mass is 9.77. The number of hydrogen-bond acceptors (Lipinski definition) is 3. The normalized spacial score (nSPS) is 31.8. The summed E-state index contributed by atoms with van der Waals surface area (Å²) in [6.07, 6.45) is 5.04. The summed E-state index contributed by atoms with van der Waals surface area (Å²) in [5.74, 6) is 0.657. The van der Waals surface area contributed by atoms with Gasteiger partial charge >= 0.3 is 0 Å². The van der Waals surface area contributed by atoms with E-state index in [1.807, 2.05) is 6.92 Å². The second-order valence-corrected chi connectivity index (χ2v) is 5.93. The number of thiazole rings is 1. The molecule has 0 aromatic carbocycles. The predicted molar refractivity (Wildman–Crippen MR) is 63.1 cm³/mol. The minimum atomic E-state index is -0.484. The molecule has 0 saturated heterocycles. The van der Waals surface area contributed by atoms with Crippen LogP contribution in [0.1, 0.15) is 43.3 Å². The summed E-state index contributed by atoms with van der Waals surface area (Å²) in [6.45, 7) is 4.24. The Morgan fingerprint density at radius 1 is 1.67 bits per heavy atom. The highest BCUT2D eigenvalue weighted by molar-refractivity contribution is 7.09. The Kier molecular flexibility index (Phi) is 3.12. The third-order valence-corrected chi connectivity index (χ3v) is 4.18. The fourth-order valence-corrected chi connectivity index (χ4v) is 3.47. The van der Waals surface area contributed by atoms with Gasteiger partial charge in [0.2, 0.25) is 0 Å². The number of rotatable bonds is 2. The molecule has 1 aliphatic carbocycles. The van der Waals surface area contributed by atoms with Gasteiger partial charge in [-0.3, -0.25) is 0 Å². The number of hydrogen-bond donors (Lipinski definition) is 1. The molecule has 0 spiro atoms. The molecule has 1 fully saturated rings. The highest BCUT2D eigenvalue weighted by Crippen LogP contribution is 2.35. The molecule has 0 radical (unpaired) electrons. The first-order valence-electron chi connectivity index (χ1n) is 5.71. The maximum absolute atomic E-state index is 10.5. The first kappa shape index (κ1) is 11.1. The van der Waals surface area contributed by atoms with Crippen LogP contribution in [0.2, 0.25) is 0 Å². The Bertz CT molecular complexity index is 336. The molecule has 0 aliphatic heterocycles. The summed E-state index contributed by atoms with van der Waals surface area (Å²) in [5.41, 5.74) is 0.588. The first-order valence-corrected chi connectivity index (χ1v) is 6.59. The lowest BCUT2D eigenvalue weighted by Crippen LogP contribution is -2.36. The highest BCUT2D eigenvalue weighted by Gasteiger charge is 2.33. The molecule has 1 aliphatic rings. The number of aryl methyl sites for hydroxylation is 1. The molecular weight excluding hydrogens is 206 g/mol. The van der Waals surface area contributed by atoms with E-state index < -0.39 is 5.60 Å². The Balaban J connectivity index is 2.03. The second-order valence-electron chi connectivity index (χ2n) is 4.99. The maximum atomic E-state index is 10.5. The van der Waals surface area contributed by atoms with E-state index in [2.05, 4.69) is 17.3 Å². The zero-order valence-electron chi connectivity index (χ0n) is 9.49.